The second-order valence-corrected chi connectivity index (χ2v) is 5.14. The smallest absolute Gasteiger partial charge is 0.162 e. The van der Waals surface area contributed by atoms with Gasteiger partial charge in [0.25, 0.3) is 0 Å². The van der Waals surface area contributed by atoms with E-state index in [4.69, 9.17) is 15.2 Å². The number of hydrogen-bond acceptors (Lipinski definition) is 5. The molecule has 5 heteroatoms. The van der Waals surface area contributed by atoms with Crippen molar-refractivity contribution < 1.29 is 9.47 Å². The van der Waals surface area contributed by atoms with Crippen LogP contribution in [0, 0.1) is 6.92 Å². The zero-order chi connectivity index (χ0) is 13.7. The van der Waals surface area contributed by atoms with E-state index in [1.807, 2.05) is 30.5 Å². The Morgan fingerprint density at radius 1 is 1.32 bits per heavy atom. The summed E-state index contributed by atoms with van der Waals surface area (Å²) in [6.07, 6.45) is 0.830. The van der Waals surface area contributed by atoms with Gasteiger partial charge < -0.3 is 15.2 Å². The Hall–Kier alpha value is -1.59. The SMILES string of the molecule is COc1ccc(CCN)cc1OCc1nc(C)cs1. The molecule has 1 heterocycles. The molecule has 2 N–H and O–H groups in total. The van der Waals surface area contributed by atoms with E-state index in [9.17, 15) is 0 Å². The minimum atomic E-state index is 0.459. The number of nitrogens with two attached hydrogens (primary N) is 1. The molecule has 0 amide bonds. The molecule has 0 radical (unpaired) electrons. The minimum Gasteiger partial charge on any atom is -0.493 e. The molecule has 0 spiro atoms. The Balaban J connectivity index is 2.10. The highest BCUT2D eigenvalue weighted by Crippen LogP contribution is 2.29. The van der Waals surface area contributed by atoms with Crippen LogP contribution in [0.2, 0.25) is 0 Å². The Bertz CT molecular complexity index is 540. The molecule has 2 rings (SSSR count). The molecule has 0 aliphatic carbocycles. The van der Waals surface area contributed by atoms with Gasteiger partial charge in [-0.2, -0.15) is 0 Å². The van der Waals surface area contributed by atoms with Gasteiger partial charge in [-0.3, -0.25) is 0 Å². The van der Waals surface area contributed by atoms with Gasteiger partial charge in [0.2, 0.25) is 0 Å². The Labute approximate surface area is 117 Å². The highest BCUT2D eigenvalue weighted by atomic mass is 32.1. The summed E-state index contributed by atoms with van der Waals surface area (Å²) in [5.74, 6) is 1.47. The van der Waals surface area contributed by atoms with Crippen molar-refractivity contribution in [2.75, 3.05) is 13.7 Å². The number of methoxy groups -OCH3 is 1. The number of hydrogen-bond donors (Lipinski definition) is 1. The summed E-state index contributed by atoms with van der Waals surface area (Å²) >= 11 is 1.60. The molecule has 4 nitrogen and oxygen atoms in total. The first kappa shape index (κ1) is 13.8. The van der Waals surface area contributed by atoms with Gasteiger partial charge in [0.1, 0.15) is 11.6 Å². The van der Waals surface area contributed by atoms with Gasteiger partial charge in [-0.25, -0.2) is 4.98 Å². The van der Waals surface area contributed by atoms with Gasteiger partial charge in [-0.15, -0.1) is 11.3 Å². The lowest BCUT2D eigenvalue weighted by Crippen LogP contribution is -2.04. The maximum absolute atomic E-state index is 5.80. The predicted molar refractivity (Wildman–Crippen MR) is 76.9 cm³/mol. The fraction of sp³-hybridized carbons (Fsp3) is 0.357. The maximum atomic E-state index is 5.80. The zero-order valence-corrected chi connectivity index (χ0v) is 12.0. The molecule has 1 aromatic carbocycles. The molecular weight excluding hydrogens is 260 g/mol. The van der Waals surface area contributed by atoms with Gasteiger partial charge in [-0.05, 0) is 37.6 Å². The monoisotopic (exact) mass is 278 g/mol. The number of aryl methyl sites for hydroxylation is 1. The fourth-order valence-corrected chi connectivity index (χ4v) is 2.45. The van der Waals surface area contributed by atoms with E-state index in [1.54, 1.807) is 18.4 Å². The molecule has 102 valence electrons. The lowest BCUT2D eigenvalue weighted by atomic mass is 10.1. The number of rotatable bonds is 6. The zero-order valence-electron chi connectivity index (χ0n) is 11.2. The number of thiazole rings is 1. The number of aromatic nitrogens is 1. The van der Waals surface area contributed by atoms with Crippen molar-refractivity contribution in [3.8, 4) is 11.5 Å². The molecule has 0 fully saturated rings. The second kappa shape index (κ2) is 6.54. The van der Waals surface area contributed by atoms with Crippen molar-refractivity contribution in [2.24, 2.45) is 5.73 Å². The molecule has 0 saturated heterocycles. The van der Waals surface area contributed by atoms with Crippen molar-refractivity contribution in [3.63, 3.8) is 0 Å². The normalized spacial score (nSPS) is 10.5. The van der Waals surface area contributed by atoms with E-state index < -0.39 is 0 Å². The summed E-state index contributed by atoms with van der Waals surface area (Å²) in [7, 11) is 1.64. The highest BCUT2D eigenvalue weighted by Gasteiger charge is 2.07. The molecule has 0 bridgehead atoms. The third-order valence-electron chi connectivity index (χ3n) is 2.68. The summed E-state index contributed by atoms with van der Waals surface area (Å²) in [6.45, 7) is 3.06. The molecule has 1 aromatic heterocycles. The van der Waals surface area contributed by atoms with Crippen LogP contribution in [0.1, 0.15) is 16.3 Å². The van der Waals surface area contributed by atoms with Crippen LogP contribution in [0.25, 0.3) is 0 Å². The van der Waals surface area contributed by atoms with Crippen LogP contribution in [0.3, 0.4) is 0 Å². The number of nitrogens with zero attached hydrogens (tertiary/aromatic N) is 1. The molecule has 0 aliphatic heterocycles. The topological polar surface area (TPSA) is 57.4 Å². The van der Waals surface area contributed by atoms with Crippen molar-refractivity contribution >= 4 is 11.3 Å². The van der Waals surface area contributed by atoms with Crippen molar-refractivity contribution in [2.45, 2.75) is 20.0 Å². The molecule has 0 saturated carbocycles. The van der Waals surface area contributed by atoms with Crippen LogP contribution in [-0.4, -0.2) is 18.6 Å². The summed E-state index contributed by atoms with van der Waals surface area (Å²) < 4.78 is 11.1. The Kier molecular flexibility index (Phi) is 4.76. The van der Waals surface area contributed by atoms with Gasteiger partial charge in [-0.1, -0.05) is 6.07 Å². The van der Waals surface area contributed by atoms with E-state index in [0.717, 1.165) is 34.2 Å². The van der Waals surface area contributed by atoms with Crippen molar-refractivity contribution in [1.29, 1.82) is 0 Å². The molecule has 0 aliphatic rings. The largest absolute Gasteiger partial charge is 0.493 e. The number of ether oxygens (including phenoxy) is 2. The first-order valence-corrected chi connectivity index (χ1v) is 7.01. The van der Waals surface area contributed by atoms with Crippen molar-refractivity contribution in [3.05, 3.63) is 39.8 Å². The summed E-state index contributed by atoms with van der Waals surface area (Å²) in [4.78, 5) is 4.37. The van der Waals surface area contributed by atoms with E-state index in [-0.39, 0.29) is 0 Å². The molecule has 0 atom stereocenters. The minimum absolute atomic E-state index is 0.459. The molecule has 2 aromatic rings. The van der Waals surface area contributed by atoms with Crippen LogP contribution in [-0.2, 0) is 13.0 Å². The van der Waals surface area contributed by atoms with Crippen LogP contribution in [0.4, 0.5) is 0 Å². The molecule has 19 heavy (non-hydrogen) atoms. The van der Waals surface area contributed by atoms with E-state index in [1.165, 1.54) is 0 Å². The summed E-state index contributed by atoms with van der Waals surface area (Å²) in [5.41, 5.74) is 7.74. The summed E-state index contributed by atoms with van der Waals surface area (Å²) in [6, 6.07) is 5.89. The average Bonchev–Trinajstić information content (AvgIpc) is 2.83. The summed E-state index contributed by atoms with van der Waals surface area (Å²) in [5, 5.41) is 2.98. The van der Waals surface area contributed by atoms with Crippen LogP contribution < -0.4 is 15.2 Å². The predicted octanol–water partition coefficient (Wildman–Crippen LogP) is 2.54. The average molecular weight is 278 g/mol. The lowest BCUT2D eigenvalue weighted by Gasteiger charge is -2.11. The van der Waals surface area contributed by atoms with Gasteiger partial charge in [0.15, 0.2) is 11.5 Å². The number of benzene rings is 1. The van der Waals surface area contributed by atoms with Gasteiger partial charge >= 0.3 is 0 Å². The van der Waals surface area contributed by atoms with Gasteiger partial charge in [0.05, 0.1) is 7.11 Å². The third kappa shape index (κ3) is 3.68. The van der Waals surface area contributed by atoms with E-state index in [0.29, 0.717) is 13.2 Å². The Morgan fingerprint density at radius 2 is 2.16 bits per heavy atom. The highest BCUT2D eigenvalue weighted by molar-refractivity contribution is 7.09. The van der Waals surface area contributed by atoms with Crippen LogP contribution >= 0.6 is 11.3 Å². The molecular formula is C14H18N2O2S. The van der Waals surface area contributed by atoms with E-state index >= 15 is 0 Å². The van der Waals surface area contributed by atoms with Crippen LogP contribution in [0.5, 0.6) is 11.5 Å². The fourth-order valence-electron chi connectivity index (χ4n) is 1.76. The Morgan fingerprint density at radius 3 is 2.79 bits per heavy atom. The van der Waals surface area contributed by atoms with Gasteiger partial charge in [0, 0.05) is 11.1 Å². The third-order valence-corrected chi connectivity index (χ3v) is 3.62. The molecule has 0 unspecified atom stereocenters. The van der Waals surface area contributed by atoms with Crippen LogP contribution in [0.15, 0.2) is 23.6 Å². The lowest BCUT2D eigenvalue weighted by molar-refractivity contribution is 0.283. The first-order valence-electron chi connectivity index (χ1n) is 6.13. The first-order chi connectivity index (χ1) is 9.22. The second-order valence-electron chi connectivity index (χ2n) is 4.20. The quantitative estimate of drug-likeness (QED) is 0.882. The standard InChI is InChI=1S/C14H18N2O2S/c1-10-9-19-14(16-10)8-18-13-7-11(5-6-15)3-4-12(13)17-2/h3-4,7,9H,5-6,8,15H2,1-2H3. The van der Waals surface area contributed by atoms with Crippen molar-refractivity contribution in [1.82, 2.24) is 4.98 Å². The van der Waals surface area contributed by atoms with E-state index in [2.05, 4.69) is 4.98 Å². The maximum Gasteiger partial charge on any atom is 0.162 e.